The Labute approximate surface area is 160 Å². The van der Waals surface area contributed by atoms with E-state index in [9.17, 15) is 27.9 Å². The van der Waals surface area contributed by atoms with Crippen molar-refractivity contribution in [2.75, 3.05) is 44.7 Å². The molecule has 0 unspecified atom stereocenters. The van der Waals surface area contributed by atoms with Gasteiger partial charge in [-0.3, -0.25) is 14.5 Å². The fourth-order valence-corrected chi connectivity index (χ4v) is 2.82. The molecule has 28 heavy (non-hydrogen) atoms. The molecule has 0 radical (unpaired) electrons. The van der Waals surface area contributed by atoms with Crippen LogP contribution in [0.15, 0.2) is 24.3 Å². The van der Waals surface area contributed by atoms with Crippen molar-refractivity contribution in [1.29, 1.82) is 0 Å². The molecule has 0 saturated carbocycles. The van der Waals surface area contributed by atoms with Crippen LogP contribution >= 0.6 is 0 Å². The number of nitrogens with one attached hydrogen (secondary N) is 2. The Morgan fingerprint density at radius 1 is 1.25 bits per heavy atom. The number of carbonyl (C=O) groups is 2. The van der Waals surface area contributed by atoms with Crippen LogP contribution in [0.5, 0.6) is 0 Å². The zero-order valence-electron chi connectivity index (χ0n) is 15.3. The summed E-state index contributed by atoms with van der Waals surface area (Å²) < 4.78 is 43.4. The Balaban J connectivity index is 1.79. The maximum absolute atomic E-state index is 12.7. The van der Waals surface area contributed by atoms with E-state index in [4.69, 9.17) is 4.74 Å². The predicted molar refractivity (Wildman–Crippen MR) is 96.0 cm³/mol. The van der Waals surface area contributed by atoms with Gasteiger partial charge in [0, 0.05) is 18.8 Å². The lowest BCUT2D eigenvalue weighted by molar-refractivity contribution is -0.141. The molecule has 0 aromatic heterocycles. The van der Waals surface area contributed by atoms with E-state index in [0.29, 0.717) is 26.2 Å². The number of hydrogen-bond acceptors (Lipinski definition) is 5. The van der Waals surface area contributed by atoms with E-state index in [-0.39, 0.29) is 12.1 Å². The highest BCUT2D eigenvalue weighted by molar-refractivity contribution is 5.94. The van der Waals surface area contributed by atoms with Crippen molar-refractivity contribution in [2.24, 2.45) is 0 Å². The summed E-state index contributed by atoms with van der Waals surface area (Å²) in [4.78, 5) is 25.6. The topological polar surface area (TPSA) is 90.9 Å². The Morgan fingerprint density at radius 2 is 1.96 bits per heavy atom. The van der Waals surface area contributed by atoms with Gasteiger partial charge in [-0.1, -0.05) is 6.07 Å². The Bertz CT molecular complexity index is 664. The number of carbonyl (C=O) groups excluding carboxylic acids is 1. The molecule has 3 N–H and O–H groups in total. The van der Waals surface area contributed by atoms with Gasteiger partial charge < -0.3 is 20.5 Å². The molecule has 156 valence electrons. The van der Waals surface area contributed by atoms with Crippen molar-refractivity contribution in [2.45, 2.75) is 25.1 Å². The molecule has 10 heteroatoms. The monoisotopic (exact) mass is 403 g/mol. The van der Waals surface area contributed by atoms with Gasteiger partial charge in [0.15, 0.2) is 0 Å². The molecular formula is C18H24F3N3O4. The second-order valence-corrected chi connectivity index (χ2v) is 6.48. The van der Waals surface area contributed by atoms with E-state index < -0.39 is 29.7 Å². The first-order chi connectivity index (χ1) is 13.3. The number of halogens is 3. The van der Waals surface area contributed by atoms with Gasteiger partial charge in [-0.15, -0.1) is 0 Å². The summed E-state index contributed by atoms with van der Waals surface area (Å²) in [5, 5.41) is 14.4. The molecule has 2 rings (SSSR count). The third-order valence-corrected chi connectivity index (χ3v) is 4.31. The second kappa shape index (κ2) is 10.4. The van der Waals surface area contributed by atoms with Crippen molar-refractivity contribution in [3.05, 3.63) is 29.8 Å². The molecule has 0 spiro atoms. The number of alkyl halides is 3. The lowest BCUT2D eigenvalue weighted by atomic mass is 10.1. The maximum atomic E-state index is 12.7. The zero-order chi connectivity index (χ0) is 20.6. The van der Waals surface area contributed by atoms with Crippen LogP contribution in [-0.4, -0.2) is 67.3 Å². The number of ether oxygens (including phenoxy) is 1. The van der Waals surface area contributed by atoms with Crippen LogP contribution in [-0.2, 0) is 20.5 Å². The van der Waals surface area contributed by atoms with Gasteiger partial charge in [0.1, 0.15) is 6.04 Å². The molecule has 1 aromatic rings. The number of hydrogen-bond donors (Lipinski definition) is 3. The Morgan fingerprint density at radius 3 is 2.61 bits per heavy atom. The lowest BCUT2D eigenvalue weighted by Gasteiger charge is -2.26. The van der Waals surface area contributed by atoms with Crippen LogP contribution in [0.3, 0.4) is 0 Å². The van der Waals surface area contributed by atoms with Gasteiger partial charge in [-0.2, -0.15) is 13.2 Å². The number of carboxylic acid groups (broad SMARTS) is 1. The maximum Gasteiger partial charge on any atom is 0.416 e. The lowest BCUT2D eigenvalue weighted by Crippen LogP contribution is -2.42. The number of benzene rings is 1. The number of carboxylic acids is 1. The average molecular weight is 403 g/mol. The van der Waals surface area contributed by atoms with Gasteiger partial charge >= 0.3 is 12.1 Å². The highest BCUT2D eigenvalue weighted by atomic mass is 19.4. The Kier molecular flexibility index (Phi) is 8.21. The van der Waals surface area contributed by atoms with Crippen LogP contribution in [0, 0.1) is 0 Å². The molecule has 1 aliphatic rings. The smallest absolute Gasteiger partial charge is 0.416 e. The van der Waals surface area contributed by atoms with Crippen LogP contribution < -0.4 is 10.6 Å². The molecule has 1 heterocycles. The van der Waals surface area contributed by atoms with E-state index in [1.165, 1.54) is 12.1 Å². The molecule has 1 fully saturated rings. The molecule has 1 amide bonds. The molecule has 1 saturated heterocycles. The summed E-state index contributed by atoms with van der Waals surface area (Å²) in [5.41, 5.74) is -0.919. The van der Waals surface area contributed by atoms with Crippen LogP contribution in [0.1, 0.15) is 18.4 Å². The van der Waals surface area contributed by atoms with Crippen molar-refractivity contribution in [3.63, 3.8) is 0 Å². The predicted octanol–water partition coefficient (Wildman–Crippen LogP) is 1.80. The minimum atomic E-state index is -4.52. The largest absolute Gasteiger partial charge is 0.480 e. The minimum absolute atomic E-state index is 0.0312. The Hall–Kier alpha value is -2.17. The van der Waals surface area contributed by atoms with Crippen molar-refractivity contribution in [1.82, 2.24) is 10.2 Å². The summed E-state index contributed by atoms with van der Waals surface area (Å²) in [6.07, 6.45) is -4.20. The third-order valence-electron chi connectivity index (χ3n) is 4.31. The van der Waals surface area contributed by atoms with E-state index >= 15 is 0 Å². The molecule has 0 aliphatic carbocycles. The average Bonchev–Trinajstić information content (AvgIpc) is 2.64. The number of amides is 1. The molecule has 1 aromatic carbocycles. The fraction of sp³-hybridized carbons (Fsp3) is 0.556. The summed E-state index contributed by atoms with van der Waals surface area (Å²) in [7, 11) is 0. The number of morpholine rings is 1. The van der Waals surface area contributed by atoms with Gasteiger partial charge in [0.2, 0.25) is 5.91 Å². The first-order valence-corrected chi connectivity index (χ1v) is 8.99. The van der Waals surface area contributed by atoms with E-state index in [0.717, 1.165) is 31.8 Å². The molecule has 0 bridgehead atoms. The zero-order valence-corrected chi connectivity index (χ0v) is 15.3. The third kappa shape index (κ3) is 7.45. The van der Waals surface area contributed by atoms with Gasteiger partial charge in [0.25, 0.3) is 0 Å². The first-order valence-electron chi connectivity index (χ1n) is 8.99. The number of rotatable bonds is 9. The molecule has 1 aliphatic heterocycles. The van der Waals surface area contributed by atoms with Crippen molar-refractivity contribution in [3.8, 4) is 0 Å². The van der Waals surface area contributed by atoms with Crippen LogP contribution in [0.25, 0.3) is 0 Å². The minimum Gasteiger partial charge on any atom is -0.480 e. The first kappa shape index (κ1) is 22.1. The van der Waals surface area contributed by atoms with Gasteiger partial charge in [-0.05, 0) is 37.7 Å². The molecular weight excluding hydrogens is 379 g/mol. The van der Waals surface area contributed by atoms with Crippen molar-refractivity contribution >= 4 is 17.6 Å². The quantitative estimate of drug-likeness (QED) is 0.545. The number of nitrogens with zero attached hydrogens (tertiary/aromatic N) is 1. The molecule has 1 atom stereocenters. The molecule has 7 nitrogen and oxygen atoms in total. The highest BCUT2D eigenvalue weighted by Gasteiger charge is 2.30. The summed E-state index contributed by atoms with van der Waals surface area (Å²) in [6, 6.07) is 3.08. The van der Waals surface area contributed by atoms with Gasteiger partial charge in [0.05, 0.1) is 25.2 Å². The summed E-state index contributed by atoms with van der Waals surface area (Å²) in [6.45, 7) is 4.23. The normalized spacial score (nSPS) is 16.5. The summed E-state index contributed by atoms with van der Waals surface area (Å²) in [5.74, 6) is -1.86. The number of anilines is 1. The van der Waals surface area contributed by atoms with Crippen molar-refractivity contribution < 1.29 is 32.6 Å². The van der Waals surface area contributed by atoms with E-state index in [2.05, 4.69) is 15.5 Å². The SMILES string of the molecule is O=C(C[C@H](NCCCN1CCOCC1)C(=O)O)Nc1cccc(C(F)(F)F)c1. The number of aliphatic carboxylic acids is 1. The highest BCUT2D eigenvalue weighted by Crippen LogP contribution is 2.30. The fourth-order valence-electron chi connectivity index (χ4n) is 2.82. The van der Waals surface area contributed by atoms with Crippen LogP contribution in [0.4, 0.5) is 18.9 Å². The second-order valence-electron chi connectivity index (χ2n) is 6.48. The van der Waals surface area contributed by atoms with Gasteiger partial charge in [-0.25, -0.2) is 0 Å². The van der Waals surface area contributed by atoms with Crippen LogP contribution in [0.2, 0.25) is 0 Å². The van der Waals surface area contributed by atoms with E-state index in [1.807, 2.05) is 0 Å². The summed E-state index contributed by atoms with van der Waals surface area (Å²) >= 11 is 0. The standard InChI is InChI=1S/C18H24F3N3O4/c19-18(20,21)13-3-1-4-14(11-13)23-16(25)12-15(17(26)27)22-5-2-6-24-7-9-28-10-8-24/h1,3-4,11,15,22H,2,5-10,12H2,(H,23,25)(H,26,27)/t15-/m0/s1. The van der Waals surface area contributed by atoms with E-state index in [1.54, 1.807) is 0 Å².